The van der Waals surface area contributed by atoms with Crippen molar-refractivity contribution in [2.75, 3.05) is 7.11 Å². The fourth-order valence-electron chi connectivity index (χ4n) is 2.34. The lowest BCUT2D eigenvalue weighted by Crippen LogP contribution is -2.46. The number of aromatic amines is 1. The van der Waals surface area contributed by atoms with Gasteiger partial charge >= 0.3 is 5.69 Å². The Balaban J connectivity index is 2.59. The number of hydrogen-bond donors (Lipinski definition) is 2. The van der Waals surface area contributed by atoms with Gasteiger partial charge in [0.05, 0.1) is 6.10 Å². The molecule has 22 heavy (non-hydrogen) atoms. The maximum Gasteiger partial charge on any atom is 0.347 e. The van der Waals surface area contributed by atoms with Gasteiger partial charge in [-0.25, -0.2) is 4.79 Å². The summed E-state index contributed by atoms with van der Waals surface area (Å²) in [5.74, 6) is 2.53. The Labute approximate surface area is 134 Å². The summed E-state index contributed by atoms with van der Waals surface area (Å²) >= 11 is 11.9. The average molecular weight is 350 g/mol. The number of aromatic nitrogens is 3. The summed E-state index contributed by atoms with van der Waals surface area (Å²) < 4.78 is 11.7. The Hall–Kier alpha value is -1.37. The summed E-state index contributed by atoms with van der Waals surface area (Å²) in [5.41, 5.74) is -1.50. The molecule has 1 unspecified atom stereocenters. The number of nitrogens with zero attached hydrogens (tertiary/aromatic N) is 2. The van der Waals surface area contributed by atoms with E-state index in [-0.39, 0.29) is 0 Å². The zero-order valence-corrected chi connectivity index (χ0v) is 13.1. The summed E-state index contributed by atoms with van der Waals surface area (Å²) in [6, 6.07) is 0. The Morgan fingerprint density at radius 3 is 2.82 bits per heavy atom. The van der Waals surface area contributed by atoms with E-state index in [0.29, 0.717) is 0 Å². The normalized spacial score (nSPS) is 32.3. The van der Waals surface area contributed by atoms with Crippen LogP contribution in [0.25, 0.3) is 0 Å². The highest BCUT2D eigenvalue weighted by Gasteiger charge is 2.58. The predicted octanol–water partition coefficient (Wildman–Crippen LogP) is -0.598. The second kappa shape index (κ2) is 6.40. The molecule has 2 heterocycles. The molecule has 1 aromatic rings. The highest BCUT2D eigenvalue weighted by Crippen LogP contribution is 2.44. The quantitative estimate of drug-likeness (QED) is 0.557. The van der Waals surface area contributed by atoms with Crippen LogP contribution in [0.15, 0.2) is 15.8 Å². The van der Waals surface area contributed by atoms with Gasteiger partial charge in [-0.05, 0) is 18.5 Å². The lowest BCUT2D eigenvalue weighted by Gasteiger charge is -2.27. The summed E-state index contributed by atoms with van der Waals surface area (Å²) in [5, 5.41) is 15.7. The van der Waals surface area contributed by atoms with E-state index < -0.39 is 40.7 Å². The third kappa shape index (κ3) is 2.78. The summed E-state index contributed by atoms with van der Waals surface area (Å²) in [6.45, 7) is 1.48. The number of nitrogens with one attached hydrogen (secondary N) is 1. The van der Waals surface area contributed by atoms with E-state index in [4.69, 9.17) is 32.7 Å². The first kappa shape index (κ1) is 17.0. The number of methoxy groups -OCH3 is 1. The molecule has 2 rings (SSSR count). The van der Waals surface area contributed by atoms with Crippen molar-refractivity contribution in [3.05, 3.63) is 27.0 Å². The van der Waals surface area contributed by atoms with Gasteiger partial charge in [0.2, 0.25) is 0 Å². The monoisotopic (exact) mass is 349 g/mol. The first-order valence-corrected chi connectivity index (χ1v) is 6.97. The fraction of sp³-hybridized carbons (Fsp3) is 0.583. The zero-order chi connectivity index (χ0) is 16.5. The summed E-state index contributed by atoms with van der Waals surface area (Å²) in [6.07, 6.45) is -3.03. The summed E-state index contributed by atoms with van der Waals surface area (Å²) in [7, 11) is 1.36. The van der Waals surface area contributed by atoms with Gasteiger partial charge in [-0.15, -0.1) is 0 Å². The van der Waals surface area contributed by atoms with Gasteiger partial charge < -0.3 is 14.6 Å². The lowest BCUT2D eigenvalue weighted by atomic mass is 9.97. The van der Waals surface area contributed by atoms with E-state index in [0.717, 1.165) is 10.9 Å². The largest absolute Gasteiger partial charge is 0.391 e. The van der Waals surface area contributed by atoms with Crippen LogP contribution in [-0.4, -0.2) is 50.2 Å². The Morgan fingerprint density at radius 2 is 2.32 bits per heavy atom. The van der Waals surface area contributed by atoms with E-state index in [2.05, 4.69) is 16.4 Å². The Morgan fingerprint density at radius 1 is 1.64 bits per heavy atom. The molecule has 120 valence electrons. The molecule has 0 spiro atoms. The molecule has 1 aliphatic rings. The Bertz CT molecular complexity index is 722. The van der Waals surface area contributed by atoms with Crippen LogP contribution in [0.5, 0.6) is 0 Å². The number of aliphatic hydroxyl groups excluding tert-OH is 1. The molecule has 5 atom stereocenters. The van der Waals surface area contributed by atoms with Crippen LogP contribution in [0.4, 0.5) is 0 Å². The van der Waals surface area contributed by atoms with E-state index in [1.165, 1.54) is 14.0 Å². The van der Waals surface area contributed by atoms with Gasteiger partial charge in [0.1, 0.15) is 18.4 Å². The highest BCUT2D eigenvalue weighted by atomic mass is 35.5. The smallest absolute Gasteiger partial charge is 0.347 e. The van der Waals surface area contributed by atoms with Crippen LogP contribution < -0.4 is 11.2 Å². The summed E-state index contributed by atoms with van der Waals surface area (Å²) in [4.78, 5) is 23.5. The molecule has 0 aliphatic carbocycles. The number of ether oxygens (including phenoxy) is 2. The molecule has 2 N–H and O–H groups in total. The van der Waals surface area contributed by atoms with E-state index in [1.807, 2.05) is 4.98 Å². The average Bonchev–Trinajstić information content (AvgIpc) is 2.72. The highest BCUT2D eigenvalue weighted by molar-refractivity contribution is 6.32. The van der Waals surface area contributed by atoms with Crippen molar-refractivity contribution in [1.82, 2.24) is 14.8 Å². The van der Waals surface area contributed by atoms with Gasteiger partial charge in [-0.1, -0.05) is 17.5 Å². The first-order chi connectivity index (χ1) is 10.3. The molecule has 0 aromatic carbocycles. The topological polar surface area (TPSA) is 106 Å². The van der Waals surface area contributed by atoms with E-state index in [1.54, 1.807) is 0 Å². The molecule has 0 amide bonds. The van der Waals surface area contributed by atoms with Gasteiger partial charge in [0, 0.05) is 12.5 Å². The van der Waals surface area contributed by atoms with Crippen LogP contribution in [0, 0.1) is 11.3 Å². The van der Waals surface area contributed by atoms with Crippen LogP contribution in [0.3, 0.4) is 0 Å². The number of halogens is 2. The van der Waals surface area contributed by atoms with Crippen LogP contribution >= 0.6 is 23.2 Å². The second-order valence-corrected chi connectivity index (χ2v) is 5.54. The van der Waals surface area contributed by atoms with Gasteiger partial charge in [-0.3, -0.25) is 9.78 Å². The molecule has 1 aromatic heterocycles. The molecular weight excluding hydrogens is 337 g/mol. The molecule has 1 aliphatic heterocycles. The first-order valence-electron chi connectivity index (χ1n) is 6.21. The van der Waals surface area contributed by atoms with Crippen molar-refractivity contribution < 1.29 is 14.6 Å². The third-order valence-electron chi connectivity index (χ3n) is 3.29. The molecule has 0 saturated carbocycles. The third-order valence-corrected chi connectivity index (χ3v) is 3.88. The van der Waals surface area contributed by atoms with Gasteiger partial charge in [0.25, 0.3) is 5.56 Å². The van der Waals surface area contributed by atoms with Crippen molar-refractivity contribution in [2.24, 2.45) is 0 Å². The second-order valence-electron chi connectivity index (χ2n) is 4.72. The molecule has 10 heteroatoms. The van der Waals surface area contributed by atoms with E-state index >= 15 is 0 Å². The molecule has 1 fully saturated rings. The van der Waals surface area contributed by atoms with Crippen LogP contribution in [-0.2, 0) is 9.47 Å². The lowest BCUT2D eigenvalue weighted by molar-refractivity contribution is -0.0869. The van der Waals surface area contributed by atoms with E-state index in [9.17, 15) is 14.7 Å². The Kier molecular flexibility index (Phi) is 4.94. The number of aliphatic hydroxyl groups is 1. The number of hydrogen-bond acceptors (Lipinski definition) is 6. The molecular formula is C12H13Cl2N3O5. The molecule has 8 nitrogen and oxygen atoms in total. The standard InChI is InChI=1S/C12H13Cl2N3O5/c1-6(18)8-9(21-2)12(14,3-4-13)10(22-8)17-11(20)16-7(19)5-15-17/h5-6,8-10,18H,1-2H3,(H,16,19,20)/t6-,8-,9+,10-,12?/m1/s1. The van der Waals surface area contributed by atoms with Crippen molar-refractivity contribution in [1.29, 1.82) is 0 Å². The minimum atomic E-state index is -1.58. The van der Waals surface area contributed by atoms with Crippen LogP contribution in [0.1, 0.15) is 13.2 Å². The minimum absolute atomic E-state index is 0.668. The molecule has 0 bridgehead atoms. The van der Waals surface area contributed by atoms with Crippen molar-refractivity contribution in [3.8, 4) is 11.3 Å². The van der Waals surface area contributed by atoms with Crippen LogP contribution in [0.2, 0.25) is 0 Å². The minimum Gasteiger partial charge on any atom is -0.391 e. The van der Waals surface area contributed by atoms with Gasteiger partial charge in [-0.2, -0.15) is 9.78 Å². The van der Waals surface area contributed by atoms with Crippen molar-refractivity contribution in [3.63, 3.8) is 0 Å². The predicted molar refractivity (Wildman–Crippen MR) is 77.7 cm³/mol. The van der Waals surface area contributed by atoms with Gasteiger partial charge in [0.15, 0.2) is 11.1 Å². The number of H-pyrrole nitrogens is 1. The number of alkyl halides is 1. The van der Waals surface area contributed by atoms with Crippen molar-refractivity contribution >= 4 is 23.2 Å². The maximum absolute atomic E-state index is 11.9. The maximum atomic E-state index is 11.9. The number of rotatable bonds is 3. The fourth-order valence-corrected chi connectivity index (χ4v) is 2.95. The zero-order valence-electron chi connectivity index (χ0n) is 11.6. The molecule has 0 radical (unpaired) electrons. The van der Waals surface area contributed by atoms with Crippen molar-refractivity contribution in [2.45, 2.75) is 36.3 Å². The molecule has 1 saturated heterocycles. The SMILES string of the molecule is CO[C@H]1[C@@H]([C@@H](C)O)O[C@@H](n2ncc(=O)[nH]c2=O)C1(Cl)C#CCl.